The van der Waals surface area contributed by atoms with E-state index in [9.17, 15) is 4.39 Å². The maximum Gasteiger partial charge on any atom is 0.191 e. The molecule has 25 heavy (non-hydrogen) atoms. The minimum Gasteiger partial charge on any atom is -0.486 e. The van der Waals surface area contributed by atoms with Gasteiger partial charge in [0, 0.05) is 32.0 Å². The molecule has 0 saturated carbocycles. The Labute approximate surface area is 148 Å². The average molecular weight is 347 g/mol. The molecule has 1 aromatic heterocycles. The molecule has 0 spiro atoms. The van der Waals surface area contributed by atoms with Gasteiger partial charge < -0.3 is 19.9 Å². The second kappa shape index (κ2) is 10.3. The number of benzene rings is 1. The van der Waals surface area contributed by atoms with E-state index in [0.717, 1.165) is 32.0 Å². The van der Waals surface area contributed by atoms with E-state index >= 15 is 0 Å². The van der Waals surface area contributed by atoms with Crippen molar-refractivity contribution in [2.45, 2.75) is 32.9 Å². The number of guanidine groups is 1. The van der Waals surface area contributed by atoms with Gasteiger partial charge in [0.25, 0.3) is 0 Å². The Balaban J connectivity index is 1.76. The predicted molar refractivity (Wildman–Crippen MR) is 97.3 cm³/mol. The third kappa shape index (κ3) is 6.82. The van der Waals surface area contributed by atoms with Crippen LogP contribution in [0.15, 0.2) is 48.0 Å². The van der Waals surface area contributed by atoms with E-state index in [1.165, 1.54) is 6.07 Å². The fourth-order valence-corrected chi connectivity index (χ4v) is 2.24. The summed E-state index contributed by atoms with van der Waals surface area (Å²) in [6.07, 6.45) is 6.26. The molecule has 0 amide bonds. The minimum atomic E-state index is -0.358. The highest BCUT2D eigenvalue weighted by Crippen LogP contribution is 2.16. The Morgan fingerprint density at radius 1 is 1.36 bits per heavy atom. The number of hydrogen-bond donors (Lipinski definition) is 2. The standard InChI is InChI=1S/C18H26FN5O/c1-3-21-18(22-9-6-11-24-12-10-20-14-24)23-13-15(2)25-17-8-5-4-7-16(17)19/h4-5,7-8,10,12,14-15H,3,6,9,11,13H2,1-2H3,(H2,21,22,23). The van der Waals surface area contributed by atoms with E-state index in [1.54, 1.807) is 30.7 Å². The molecule has 6 nitrogen and oxygen atoms in total. The Hall–Kier alpha value is -2.57. The van der Waals surface area contributed by atoms with Crippen molar-refractivity contribution in [2.24, 2.45) is 4.99 Å². The lowest BCUT2D eigenvalue weighted by Crippen LogP contribution is -2.38. The normalized spacial score (nSPS) is 12.7. The number of halogens is 1. The van der Waals surface area contributed by atoms with Gasteiger partial charge in [0.2, 0.25) is 0 Å². The first kappa shape index (κ1) is 18.8. The summed E-state index contributed by atoms with van der Waals surface area (Å²) < 4.78 is 21.2. The van der Waals surface area contributed by atoms with Crippen molar-refractivity contribution in [1.82, 2.24) is 20.2 Å². The molecule has 0 aliphatic rings. The highest BCUT2D eigenvalue weighted by molar-refractivity contribution is 5.79. The number of aromatic nitrogens is 2. The quantitative estimate of drug-likeness (QED) is 0.415. The number of imidazole rings is 1. The van der Waals surface area contributed by atoms with Crippen LogP contribution >= 0.6 is 0 Å². The highest BCUT2D eigenvalue weighted by Gasteiger charge is 2.08. The molecule has 1 atom stereocenters. The zero-order valence-electron chi connectivity index (χ0n) is 14.8. The lowest BCUT2D eigenvalue weighted by molar-refractivity contribution is 0.220. The third-order valence-corrected chi connectivity index (χ3v) is 3.46. The first-order chi connectivity index (χ1) is 12.2. The molecule has 1 aromatic carbocycles. The molecule has 0 saturated heterocycles. The van der Waals surface area contributed by atoms with Crippen LogP contribution in [0.1, 0.15) is 20.3 Å². The Morgan fingerprint density at radius 2 is 2.20 bits per heavy atom. The number of rotatable bonds is 9. The predicted octanol–water partition coefficient (Wildman–Crippen LogP) is 2.43. The molecule has 0 aliphatic carbocycles. The first-order valence-electron chi connectivity index (χ1n) is 8.58. The van der Waals surface area contributed by atoms with Crippen LogP contribution in [-0.4, -0.2) is 41.2 Å². The molecule has 7 heteroatoms. The number of aryl methyl sites for hydroxylation is 1. The monoisotopic (exact) mass is 347 g/mol. The van der Waals surface area contributed by atoms with Gasteiger partial charge in [-0.15, -0.1) is 0 Å². The van der Waals surface area contributed by atoms with Crippen molar-refractivity contribution in [2.75, 3.05) is 19.6 Å². The summed E-state index contributed by atoms with van der Waals surface area (Å²) in [5, 5.41) is 6.49. The van der Waals surface area contributed by atoms with Gasteiger partial charge in [-0.2, -0.15) is 0 Å². The summed E-state index contributed by atoms with van der Waals surface area (Å²) >= 11 is 0. The molecule has 2 aromatic rings. The van der Waals surface area contributed by atoms with Crippen molar-refractivity contribution >= 4 is 5.96 Å². The summed E-state index contributed by atoms with van der Waals surface area (Å²) in [6, 6.07) is 6.40. The highest BCUT2D eigenvalue weighted by atomic mass is 19.1. The maximum atomic E-state index is 13.6. The Kier molecular flexibility index (Phi) is 7.75. The number of aliphatic imine (C=N–C) groups is 1. The number of para-hydroxylation sites is 1. The van der Waals surface area contributed by atoms with Gasteiger partial charge in [0.05, 0.1) is 12.9 Å². The van der Waals surface area contributed by atoms with Crippen LogP contribution < -0.4 is 15.4 Å². The fourth-order valence-electron chi connectivity index (χ4n) is 2.24. The summed E-state index contributed by atoms with van der Waals surface area (Å²) in [5.41, 5.74) is 0. The summed E-state index contributed by atoms with van der Waals surface area (Å²) in [6.45, 7) is 6.80. The molecule has 1 heterocycles. The third-order valence-electron chi connectivity index (χ3n) is 3.46. The second-order valence-corrected chi connectivity index (χ2v) is 5.66. The van der Waals surface area contributed by atoms with Crippen LogP contribution in [-0.2, 0) is 6.54 Å². The second-order valence-electron chi connectivity index (χ2n) is 5.66. The molecular formula is C18H26FN5O. The van der Waals surface area contributed by atoms with Gasteiger partial charge in [0.15, 0.2) is 17.5 Å². The molecule has 2 rings (SSSR count). The van der Waals surface area contributed by atoms with E-state index in [0.29, 0.717) is 6.54 Å². The van der Waals surface area contributed by atoms with Crippen LogP contribution in [0.2, 0.25) is 0 Å². The molecule has 1 unspecified atom stereocenters. The van der Waals surface area contributed by atoms with Gasteiger partial charge in [-0.05, 0) is 32.4 Å². The number of hydrogen-bond acceptors (Lipinski definition) is 3. The number of ether oxygens (including phenoxy) is 1. The van der Waals surface area contributed by atoms with Crippen molar-refractivity contribution in [3.05, 3.63) is 48.8 Å². The molecule has 0 fully saturated rings. The molecule has 0 bridgehead atoms. The van der Waals surface area contributed by atoms with Crippen LogP contribution in [0.5, 0.6) is 5.75 Å². The number of nitrogens with one attached hydrogen (secondary N) is 2. The van der Waals surface area contributed by atoms with E-state index in [-0.39, 0.29) is 17.7 Å². The van der Waals surface area contributed by atoms with Crippen LogP contribution in [0.4, 0.5) is 4.39 Å². The first-order valence-corrected chi connectivity index (χ1v) is 8.58. The van der Waals surface area contributed by atoms with Gasteiger partial charge in [-0.3, -0.25) is 0 Å². The molecule has 0 radical (unpaired) electrons. The molecule has 2 N–H and O–H groups in total. The van der Waals surface area contributed by atoms with E-state index in [4.69, 9.17) is 4.74 Å². The molecule has 0 aliphatic heterocycles. The van der Waals surface area contributed by atoms with E-state index in [1.807, 2.05) is 24.6 Å². The van der Waals surface area contributed by atoms with Crippen molar-refractivity contribution < 1.29 is 9.13 Å². The van der Waals surface area contributed by atoms with Crippen molar-refractivity contribution in [3.63, 3.8) is 0 Å². The maximum absolute atomic E-state index is 13.6. The smallest absolute Gasteiger partial charge is 0.191 e. The largest absolute Gasteiger partial charge is 0.486 e. The van der Waals surface area contributed by atoms with Crippen LogP contribution in [0.3, 0.4) is 0 Å². The zero-order chi connectivity index (χ0) is 17.9. The van der Waals surface area contributed by atoms with Crippen molar-refractivity contribution in [1.29, 1.82) is 0 Å². The van der Waals surface area contributed by atoms with Crippen LogP contribution in [0, 0.1) is 5.82 Å². The topological polar surface area (TPSA) is 63.5 Å². The molecular weight excluding hydrogens is 321 g/mol. The lowest BCUT2D eigenvalue weighted by atomic mass is 10.3. The Bertz CT molecular complexity index is 645. The van der Waals surface area contributed by atoms with E-state index in [2.05, 4.69) is 20.6 Å². The van der Waals surface area contributed by atoms with Gasteiger partial charge >= 0.3 is 0 Å². The van der Waals surface area contributed by atoms with Crippen LogP contribution in [0.25, 0.3) is 0 Å². The Morgan fingerprint density at radius 3 is 2.92 bits per heavy atom. The van der Waals surface area contributed by atoms with E-state index < -0.39 is 0 Å². The summed E-state index contributed by atoms with van der Waals surface area (Å²) in [7, 11) is 0. The minimum absolute atomic E-state index is 0.224. The fraction of sp³-hybridized carbons (Fsp3) is 0.444. The SMILES string of the molecule is CCNC(=NCC(C)Oc1ccccc1F)NCCCn1ccnc1. The molecule has 136 valence electrons. The summed E-state index contributed by atoms with van der Waals surface area (Å²) in [4.78, 5) is 8.52. The van der Waals surface area contributed by atoms with Crippen molar-refractivity contribution in [3.8, 4) is 5.75 Å². The number of nitrogens with zero attached hydrogens (tertiary/aromatic N) is 3. The van der Waals surface area contributed by atoms with Gasteiger partial charge in [0.1, 0.15) is 6.10 Å². The van der Waals surface area contributed by atoms with Gasteiger partial charge in [-0.1, -0.05) is 12.1 Å². The van der Waals surface area contributed by atoms with Gasteiger partial charge in [-0.25, -0.2) is 14.4 Å². The lowest BCUT2D eigenvalue weighted by Gasteiger charge is -2.15. The zero-order valence-corrected chi connectivity index (χ0v) is 14.8. The summed E-state index contributed by atoms with van der Waals surface area (Å²) in [5.74, 6) is 0.628. The average Bonchev–Trinajstić information content (AvgIpc) is 3.12.